The van der Waals surface area contributed by atoms with E-state index in [0.717, 1.165) is 0 Å². The second-order valence-electron chi connectivity index (χ2n) is 3.31. The molecule has 0 spiro atoms. The molecule has 0 fully saturated rings. The predicted molar refractivity (Wildman–Crippen MR) is 66.5 cm³/mol. The zero-order chi connectivity index (χ0) is 12.3. The average molecular weight is 269 g/mol. The van der Waals surface area contributed by atoms with Gasteiger partial charge in [0.05, 0.1) is 4.90 Å². The van der Waals surface area contributed by atoms with Gasteiger partial charge in [0, 0.05) is 5.02 Å². The molecule has 0 saturated heterocycles. The molecule has 0 bridgehead atoms. The molecule has 0 unspecified atom stereocenters. The second kappa shape index (κ2) is 5.21. The lowest BCUT2D eigenvalue weighted by Crippen LogP contribution is -1.85. The summed E-state index contributed by atoms with van der Waals surface area (Å²) in [7, 11) is -2.54. The Labute approximate surface area is 106 Å². The quantitative estimate of drug-likeness (QED) is 0.870. The van der Waals surface area contributed by atoms with Crippen molar-refractivity contribution in [3.05, 3.63) is 53.6 Å². The number of thiol groups is 1. The lowest BCUT2D eigenvalue weighted by molar-refractivity contribution is 0.482. The molecule has 2 rings (SSSR count). The molecule has 2 aromatic rings. The minimum absolute atomic E-state index is 0.267. The molecule has 0 amide bonds. The molecule has 2 aromatic carbocycles. The number of rotatable bonds is 3. The standard InChI is InChI=1S/C12H9ClO3S/c13-9-1-3-10(4-2-9)16-11-5-7-12(8-6-11)17(14)15/h1-8,17H. The molecule has 0 heterocycles. The number of halogens is 1. The maximum atomic E-state index is 10.7. The van der Waals surface area contributed by atoms with Crippen LogP contribution in [-0.2, 0) is 10.7 Å². The van der Waals surface area contributed by atoms with Crippen LogP contribution in [0.5, 0.6) is 11.5 Å². The van der Waals surface area contributed by atoms with E-state index in [-0.39, 0.29) is 4.90 Å². The number of hydrogen-bond acceptors (Lipinski definition) is 3. The molecule has 88 valence electrons. The maximum absolute atomic E-state index is 10.7. The van der Waals surface area contributed by atoms with Gasteiger partial charge in [0.15, 0.2) is 10.7 Å². The molecule has 0 aromatic heterocycles. The van der Waals surface area contributed by atoms with Gasteiger partial charge in [0.1, 0.15) is 11.5 Å². The normalized spacial score (nSPS) is 10.5. The molecular weight excluding hydrogens is 260 g/mol. The maximum Gasteiger partial charge on any atom is 0.168 e. The molecule has 5 heteroatoms. The van der Waals surface area contributed by atoms with Crippen molar-refractivity contribution in [3.8, 4) is 11.5 Å². The first-order chi connectivity index (χ1) is 8.15. The SMILES string of the molecule is O=[SH](=O)c1ccc(Oc2ccc(Cl)cc2)cc1. The fraction of sp³-hybridized carbons (Fsp3) is 0. The van der Waals surface area contributed by atoms with E-state index in [1.165, 1.54) is 12.1 Å². The van der Waals surface area contributed by atoms with Crippen molar-refractivity contribution < 1.29 is 13.2 Å². The van der Waals surface area contributed by atoms with Crippen LogP contribution in [0.25, 0.3) is 0 Å². The first-order valence-electron chi connectivity index (χ1n) is 4.83. The van der Waals surface area contributed by atoms with Crippen LogP contribution in [0.2, 0.25) is 5.02 Å². The van der Waals surface area contributed by atoms with Crippen LogP contribution in [0.3, 0.4) is 0 Å². The van der Waals surface area contributed by atoms with Gasteiger partial charge in [0.2, 0.25) is 0 Å². The van der Waals surface area contributed by atoms with Gasteiger partial charge in [0.25, 0.3) is 0 Å². The molecule has 0 atom stereocenters. The van der Waals surface area contributed by atoms with E-state index in [2.05, 4.69) is 0 Å². The number of ether oxygens (including phenoxy) is 1. The van der Waals surface area contributed by atoms with Crippen LogP contribution < -0.4 is 4.74 Å². The van der Waals surface area contributed by atoms with Crippen LogP contribution in [0.1, 0.15) is 0 Å². The molecule has 0 saturated carbocycles. The van der Waals surface area contributed by atoms with E-state index >= 15 is 0 Å². The van der Waals surface area contributed by atoms with Crippen LogP contribution >= 0.6 is 11.6 Å². The van der Waals surface area contributed by atoms with Gasteiger partial charge in [-0.2, -0.15) is 0 Å². The van der Waals surface area contributed by atoms with E-state index in [9.17, 15) is 8.42 Å². The molecule has 3 nitrogen and oxygen atoms in total. The van der Waals surface area contributed by atoms with Crippen molar-refractivity contribution in [1.82, 2.24) is 0 Å². The lowest BCUT2D eigenvalue weighted by Gasteiger charge is -2.05. The summed E-state index contributed by atoms with van der Waals surface area (Å²) < 4.78 is 26.9. The third-order valence-corrected chi connectivity index (χ3v) is 3.07. The largest absolute Gasteiger partial charge is 0.457 e. The van der Waals surface area contributed by atoms with Gasteiger partial charge in [-0.25, -0.2) is 8.42 Å². The summed E-state index contributed by atoms with van der Waals surface area (Å²) in [5.41, 5.74) is 0. The van der Waals surface area contributed by atoms with E-state index in [4.69, 9.17) is 16.3 Å². The Morgan fingerprint density at radius 1 is 0.824 bits per heavy atom. The molecule has 0 N–H and O–H groups in total. The van der Waals surface area contributed by atoms with Gasteiger partial charge in [-0.05, 0) is 48.5 Å². The van der Waals surface area contributed by atoms with E-state index in [1.807, 2.05) is 0 Å². The van der Waals surface area contributed by atoms with E-state index < -0.39 is 10.7 Å². The lowest BCUT2D eigenvalue weighted by atomic mass is 10.3. The Morgan fingerprint density at radius 3 is 1.76 bits per heavy atom. The van der Waals surface area contributed by atoms with Gasteiger partial charge >= 0.3 is 0 Å². The van der Waals surface area contributed by atoms with Crippen molar-refractivity contribution in [2.75, 3.05) is 0 Å². The molecule has 0 aliphatic carbocycles. The Hall–Kier alpha value is -1.52. The Bertz CT molecular complexity index is 566. The summed E-state index contributed by atoms with van der Waals surface area (Å²) in [6, 6.07) is 13.1. The van der Waals surface area contributed by atoms with Crippen molar-refractivity contribution in [1.29, 1.82) is 0 Å². The average Bonchev–Trinajstić information content (AvgIpc) is 2.33. The molecule has 0 radical (unpaired) electrons. The van der Waals surface area contributed by atoms with Crippen LogP contribution in [0.15, 0.2) is 53.4 Å². The summed E-state index contributed by atoms with van der Waals surface area (Å²) in [6.45, 7) is 0. The van der Waals surface area contributed by atoms with E-state index in [1.54, 1.807) is 36.4 Å². The zero-order valence-electron chi connectivity index (χ0n) is 8.67. The Balaban J connectivity index is 2.16. The minimum Gasteiger partial charge on any atom is -0.457 e. The monoisotopic (exact) mass is 268 g/mol. The van der Waals surface area contributed by atoms with Crippen LogP contribution in [-0.4, -0.2) is 8.42 Å². The fourth-order valence-electron chi connectivity index (χ4n) is 1.27. The van der Waals surface area contributed by atoms with Crippen molar-refractivity contribution in [2.24, 2.45) is 0 Å². The fourth-order valence-corrected chi connectivity index (χ4v) is 1.79. The second-order valence-corrected chi connectivity index (χ2v) is 4.77. The third-order valence-electron chi connectivity index (χ3n) is 2.10. The smallest absolute Gasteiger partial charge is 0.168 e. The number of benzene rings is 2. The predicted octanol–water partition coefficient (Wildman–Crippen LogP) is 3.10. The Kier molecular flexibility index (Phi) is 3.66. The summed E-state index contributed by atoms with van der Waals surface area (Å²) in [6.07, 6.45) is 0. The summed E-state index contributed by atoms with van der Waals surface area (Å²) in [5.74, 6) is 1.22. The van der Waals surface area contributed by atoms with Crippen molar-refractivity contribution in [3.63, 3.8) is 0 Å². The highest BCUT2D eigenvalue weighted by atomic mass is 35.5. The van der Waals surface area contributed by atoms with Gasteiger partial charge in [-0.15, -0.1) is 0 Å². The van der Waals surface area contributed by atoms with Crippen LogP contribution in [0, 0.1) is 0 Å². The Morgan fingerprint density at radius 2 is 1.29 bits per heavy atom. The van der Waals surface area contributed by atoms with Crippen molar-refractivity contribution >= 4 is 22.3 Å². The molecule has 0 aliphatic heterocycles. The zero-order valence-corrected chi connectivity index (χ0v) is 10.3. The van der Waals surface area contributed by atoms with Gasteiger partial charge in [-0.3, -0.25) is 0 Å². The third kappa shape index (κ3) is 3.22. The van der Waals surface area contributed by atoms with Crippen LogP contribution in [0.4, 0.5) is 0 Å². The van der Waals surface area contributed by atoms with E-state index in [0.29, 0.717) is 16.5 Å². The highest BCUT2D eigenvalue weighted by Gasteiger charge is 1.99. The summed E-state index contributed by atoms with van der Waals surface area (Å²) >= 11 is 5.75. The summed E-state index contributed by atoms with van der Waals surface area (Å²) in [5, 5.41) is 0.635. The first kappa shape index (κ1) is 12.0. The first-order valence-corrected chi connectivity index (χ1v) is 6.38. The molecule has 17 heavy (non-hydrogen) atoms. The molecule has 0 aliphatic rings. The van der Waals surface area contributed by atoms with Crippen molar-refractivity contribution in [2.45, 2.75) is 4.90 Å². The van der Waals surface area contributed by atoms with Gasteiger partial charge < -0.3 is 4.74 Å². The number of hydrogen-bond donors (Lipinski definition) is 1. The molecular formula is C12H9ClO3S. The topological polar surface area (TPSA) is 43.4 Å². The highest BCUT2D eigenvalue weighted by molar-refractivity contribution is 7.72. The summed E-state index contributed by atoms with van der Waals surface area (Å²) in [4.78, 5) is 0.267. The van der Waals surface area contributed by atoms with Gasteiger partial charge in [-0.1, -0.05) is 11.6 Å². The highest BCUT2D eigenvalue weighted by Crippen LogP contribution is 2.23. The minimum atomic E-state index is -2.54.